The first-order chi connectivity index (χ1) is 14.1. The normalized spacial score (nSPS) is 16.3. The second kappa shape index (κ2) is 7.00. The monoisotopic (exact) mass is 392 g/mol. The van der Waals surface area contributed by atoms with Crippen molar-refractivity contribution in [2.75, 3.05) is 47.8 Å². The Kier molecular flexibility index (Phi) is 4.31. The van der Waals surface area contributed by atoms with Crippen LogP contribution >= 0.6 is 0 Å². The van der Waals surface area contributed by atoms with E-state index in [9.17, 15) is 4.79 Å². The molecule has 3 aromatic heterocycles. The van der Waals surface area contributed by atoms with Crippen LogP contribution in [0.1, 0.15) is 17.0 Å². The third-order valence-electron chi connectivity index (χ3n) is 5.51. The van der Waals surface area contributed by atoms with E-state index in [1.165, 1.54) is 5.69 Å². The van der Waals surface area contributed by atoms with Gasteiger partial charge in [-0.25, -0.2) is 14.8 Å². The van der Waals surface area contributed by atoms with Crippen LogP contribution in [0.2, 0.25) is 0 Å². The molecule has 0 unspecified atom stereocenters. The van der Waals surface area contributed by atoms with Crippen LogP contribution in [0.25, 0.3) is 5.65 Å². The highest BCUT2D eigenvalue weighted by Gasteiger charge is 2.30. The topological polar surface area (TPSA) is 90.7 Å². The first-order valence-electron chi connectivity index (χ1n) is 9.95. The quantitative estimate of drug-likeness (QED) is 0.691. The molecule has 3 aromatic rings. The summed E-state index contributed by atoms with van der Waals surface area (Å²) >= 11 is 0. The SMILES string of the molecule is Cc1cn2cc(NC(=O)N3CCc4c(N5CCNCC5)ccnc43)nc2c(C)n1. The molecule has 0 bridgehead atoms. The van der Waals surface area contributed by atoms with E-state index in [-0.39, 0.29) is 6.03 Å². The van der Waals surface area contributed by atoms with Crippen LogP contribution < -0.4 is 20.4 Å². The van der Waals surface area contributed by atoms with Gasteiger partial charge in [0.15, 0.2) is 11.5 Å². The molecule has 5 heterocycles. The molecule has 29 heavy (non-hydrogen) atoms. The van der Waals surface area contributed by atoms with Gasteiger partial charge in [0.1, 0.15) is 5.82 Å². The van der Waals surface area contributed by atoms with Crippen molar-refractivity contribution in [1.29, 1.82) is 0 Å². The summed E-state index contributed by atoms with van der Waals surface area (Å²) in [6.07, 6.45) is 6.32. The third kappa shape index (κ3) is 3.17. The Morgan fingerprint density at radius 2 is 1.97 bits per heavy atom. The number of aryl methyl sites for hydroxylation is 2. The molecule has 9 nitrogen and oxygen atoms in total. The first kappa shape index (κ1) is 17.9. The van der Waals surface area contributed by atoms with E-state index in [1.807, 2.05) is 30.6 Å². The minimum absolute atomic E-state index is 0.209. The summed E-state index contributed by atoms with van der Waals surface area (Å²) in [5.74, 6) is 1.26. The number of imidazole rings is 1. The number of fused-ring (bicyclic) bond motifs is 2. The highest BCUT2D eigenvalue weighted by Crippen LogP contribution is 2.34. The Morgan fingerprint density at radius 1 is 1.14 bits per heavy atom. The van der Waals surface area contributed by atoms with Gasteiger partial charge in [-0.1, -0.05) is 0 Å². The van der Waals surface area contributed by atoms with Crippen molar-refractivity contribution in [1.82, 2.24) is 24.7 Å². The van der Waals surface area contributed by atoms with Crippen LogP contribution in [0.15, 0.2) is 24.7 Å². The number of piperazine rings is 1. The van der Waals surface area contributed by atoms with E-state index in [0.717, 1.165) is 61.0 Å². The largest absolute Gasteiger partial charge is 0.369 e. The molecule has 5 rings (SSSR count). The number of pyridine rings is 1. The molecule has 2 amide bonds. The maximum atomic E-state index is 13.0. The lowest BCUT2D eigenvalue weighted by molar-refractivity contribution is 0.257. The molecule has 2 aliphatic heterocycles. The van der Waals surface area contributed by atoms with Gasteiger partial charge in [0.25, 0.3) is 0 Å². The van der Waals surface area contributed by atoms with E-state index in [4.69, 9.17) is 0 Å². The van der Waals surface area contributed by atoms with E-state index in [2.05, 4.69) is 36.6 Å². The average molecular weight is 392 g/mol. The second-order valence-corrected chi connectivity index (χ2v) is 7.53. The predicted molar refractivity (Wildman–Crippen MR) is 112 cm³/mol. The number of nitrogens with one attached hydrogen (secondary N) is 2. The summed E-state index contributed by atoms with van der Waals surface area (Å²) in [5.41, 5.74) is 4.82. The van der Waals surface area contributed by atoms with Gasteiger partial charge in [-0.15, -0.1) is 0 Å². The van der Waals surface area contributed by atoms with Gasteiger partial charge in [-0.05, 0) is 26.3 Å². The van der Waals surface area contributed by atoms with Crippen molar-refractivity contribution < 1.29 is 4.79 Å². The van der Waals surface area contributed by atoms with Crippen LogP contribution in [0.3, 0.4) is 0 Å². The maximum absolute atomic E-state index is 13.0. The van der Waals surface area contributed by atoms with Gasteiger partial charge in [-0.2, -0.15) is 0 Å². The molecule has 1 fully saturated rings. The lowest BCUT2D eigenvalue weighted by Gasteiger charge is -2.30. The molecule has 150 valence electrons. The Balaban J connectivity index is 1.39. The van der Waals surface area contributed by atoms with Crippen LogP contribution in [0.5, 0.6) is 0 Å². The summed E-state index contributed by atoms with van der Waals surface area (Å²) < 4.78 is 1.89. The predicted octanol–water partition coefficient (Wildman–Crippen LogP) is 1.75. The first-order valence-corrected chi connectivity index (χ1v) is 9.95. The number of aromatic nitrogens is 4. The molecule has 1 saturated heterocycles. The Labute approximate surface area is 168 Å². The number of anilines is 3. The minimum Gasteiger partial charge on any atom is -0.369 e. The van der Waals surface area contributed by atoms with E-state index in [0.29, 0.717) is 12.4 Å². The molecule has 2 aliphatic rings. The summed E-state index contributed by atoms with van der Waals surface area (Å²) in [5, 5.41) is 6.30. The minimum atomic E-state index is -0.209. The molecule has 2 N–H and O–H groups in total. The van der Waals surface area contributed by atoms with Crippen molar-refractivity contribution in [3.8, 4) is 0 Å². The lowest BCUT2D eigenvalue weighted by Crippen LogP contribution is -2.43. The number of carbonyl (C=O) groups excluding carboxylic acids is 1. The Bertz CT molecular complexity index is 1090. The molecule has 0 aromatic carbocycles. The highest BCUT2D eigenvalue weighted by atomic mass is 16.2. The van der Waals surface area contributed by atoms with Crippen LogP contribution in [0.4, 0.5) is 22.1 Å². The van der Waals surface area contributed by atoms with Crippen molar-refractivity contribution >= 4 is 29.0 Å². The van der Waals surface area contributed by atoms with E-state index in [1.54, 1.807) is 11.1 Å². The zero-order valence-corrected chi connectivity index (χ0v) is 16.6. The van der Waals surface area contributed by atoms with Crippen LogP contribution in [-0.2, 0) is 6.42 Å². The van der Waals surface area contributed by atoms with Gasteiger partial charge < -0.3 is 14.6 Å². The Morgan fingerprint density at radius 3 is 2.79 bits per heavy atom. The number of nitrogens with zero attached hydrogens (tertiary/aromatic N) is 6. The summed E-state index contributed by atoms with van der Waals surface area (Å²) in [4.78, 5) is 30.5. The zero-order valence-electron chi connectivity index (χ0n) is 16.6. The third-order valence-corrected chi connectivity index (χ3v) is 5.51. The van der Waals surface area contributed by atoms with Crippen molar-refractivity contribution in [2.45, 2.75) is 20.3 Å². The highest BCUT2D eigenvalue weighted by molar-refractivity contribution is 6.02. The average Bonchev–Trinajstić information content (AvgIpc) is 3.32. The lowest BCUT2D eigenvalue weighted by atomic mass is 10.1. The molecule has 0 saturated carbocycles. The fraction of sp³-hybridized carbons (Fsp3) is 0.400. The maximum Gasteiger partial charge on any atom is 0.328 e. The van der Waals surface area contributed by atoms with E-state index >= 15 is 0 Å². The summed E-state index contributed by atoms with van der Waals surface area (Å²) in [7, 11) is 0. The van der Waals surface area contributed by atoms with Crippen LogP contribution in [-0.4, -0.2) is 58.1 Å². The molecule has 0 radical (unpaired) electrons. The fourth-order valence-corrected chi connectivity index (χ4v) is 4.21. The summed E-state index contributed by atoms with van der Waals surface area (Å²) in [6, 6.07) is 1.85. The van der Waals surface area contributed by atoms with Crippen LogP contribution in [0, 0.1) is 13.8 Å². The molecule has 0 spiro atoms. The standard InChI is InChI=1S/C20H24N8O/c1-13-11-27-12-17(24-18(27)14(2)23-13)25-20(29)28-8-4-15-16(3-5-22-19(15)28)26-9-6-21-7-10-26/h3,5,11-12,21H,4,6-10H2,1-2H3,(H,25,29). The number of hydrogen-bond donors (Lipinski definition) is 2. The Hall–Kier alpha value is -3.20. The molecule has 0 aliphatic carbocycles. The number of hydrogen-bond acceptors (Lipinski definition) is 6. The molecular weight excluding hydrogens is 368 g/mol. The molecule has 0 atom stereocenters. The molecule has 9 heteroatoms. The van der Waals surface area contributed by atoms with Gasteiger partial charge in [0, 0.05) is 56.4 Å². The van der Waals surface area contributed by atoms with Gasteiger partial charge >= 0.3 is 6.03 Å². The number of amides is 2. The van der Waals surface area contributed by atoms with Crippen molar-refractivity contribution in [3.63, 3.8) is 0 Å². The van der Waals surface area contributed by atoms with Crippen molar-refractivity contribution in [3.05, 3.63) is 41.6 Å². The van der Waals surface area contributed by atoms with Crippen molar-refractivity contribution in [2.24, 2.45) is 0 Å². The fourth-order valence-electron chi connectivity index (χ4n) is 4.21. The van der Waals surface area contributed by atoms with E-state index < -0.39 is 0 Å². The second-order valence-electron chi connectivity index (χ2n) is 7.53. The number of rotatable bonds is 2. The number of urea groups is 1. The van der Waals surface area contributed by atoms with Gasteiger partial charge in [-0.3, -0.25) is 15.2 Å². The smallest absolute Gasteiger partial charge is 0.328 e. The number of carbonyl (C=O) groups is 1. The van der Waals surface area contributed by atoms with Gasteiger partial charge in [0.05, 0.1) is 17.6 Å². The zero-order chi connectivity index (χ0) is 20.0. The van der Waals surface area contributed by atoms with Gasteiger partial charge in [0.2, 0.25) is 0 Å². The molecular formula is C20H24N8O. The summed E-state index contributed by atoms with van der Waals surface area (Å²) in [6.45, 7) is 8.36.